The molecule has 0 saturated heterocycles. The van der Waals surface area contributed by atoms with Gasteiger partial charge in [-0.1, -0.05) is 52.0 Å². The van der Waals surface area contributed by atoms with Crippen LogP contribution in [0.4, 0.5) is 0 Å². The summed E-state index contributed by atoms with van der Waals surface area (Å²) in [4.78, 5) is 0. The van der Waals surface area contributed by atoms with Crippen LogP contribution in [0.5, 0.6) is 0 Å². The minimum atomic E-state index is 0.773. The first-order valence-electron chi connectivity index (χ1n) is 5.24. The van der Waals surface area contributed by atoms with Crippen LogP contribution in [0.25, 0.3) is 0 Å². The number of hydrogen-bond donors (Lipinski definition) is 0. The van der Waals surface area contributed by atoms with E-state index in [1.165, 1.54) is 31.2 Å². The number of alkyl halides is 1. The molecule has 0 saturated carbocycles. The molecule has 0 fully saturated rings. The van der Waals surface area contributed by atoms with E-state index in [4.69, 9.17) is 23.2 Å². The van der Waals surface area contributed by atoms with Gasteiger partial charge in [0.15, 0.2) is 0 Å². The molecule has 0 aromatic heterocycles. The smallest absolute Gasteiger partial charge is 0.0439 e. The molecule has 0 radical (unpaired) electrons. The Morgan fingerprint density at radius 1 is 1.00 bits per heavy atom. The van der Waals surface area contributed by atoms with Crippen LogP contribution < -0.4 is 0 Å². The third-order valence-electron chi connectivity index (χ3n) is 2.34. The summed E-state index contributed by atoms with van der Waals surface area (Å²) in [5, 5.41) is 2.71. The van der Waals surface area contributed by atoms with Crippen LogP contribution in [0.3, 0.4) is 0 Å². The summed E-state index contributed by atoms with van der Waals surface area (Å²) in [5.74, 6) is 0. The van der Waals surface area contributed by atoms with Crippen LogP contribution in [0.2, 0.25) is 10.0 Å². The lowest BCUT2D eigenvalue weighted by atomic mass is 10.1. The van der Waals surface area contributed by atoms with Crippen molar-refractivity contribution in [1.82, 2.24) is 0 Å². The van der Waals surface area contributed by atoms with E-state index < -0.39 is 0 Å². The molecule has 3 heteroatoms. The molecule has 0 amide bonds. The summed E-state index contributed by atoms with van der Waals surface area (Å²) in [6.45, 7) is 0. The Hall–Kier alpha value is 0.280. The van der Waals surface area contributed by atoms with Crippen molar-refractivity contribution in [3.8, 4) is 0 Å². The Morgan fingerprint density at radius 2 is 1.73 bits per heavy atom. The second-order valence-corrected chi connectivity index (χ2v) is 5.23. The fourth-order valence-electron chi connectivity index (χ4n) is 1.50. The topological polar surface area (TPSA) is 0 Å². The Balaban J connectivity index is 2.33. The number of halogens is 3. The first-order chi connectivity index (χ1) is 7.24. The van der Waals surface area contributed by atoms with E-state index in [9.17, 15) is 0 Å². The monoisotopic (exact) mass is 308 g/mol. The Kier molecular flexibility index (Phi) is 6.71. The fraction of sp³-hybridized carbons (Fsp3) is 0.500. The normalized spacial score (nSPS) is 10.6. The summed E-state index contributed by atoms with van der Waals surface area (Å²) in [6.07, 6.45) is 6.01. The molecule has 0 unspecified atom stereocenters. The largest absolute Gasteiger partial charge is 0.0928 e. The number of rotatable bonds is 6. The molecule has 0 atom stereocenters. The molecule has 84 valence electrons. The minimum absolute atomic E-state index is 0.773. The highest BCUT2D eigenvalue weighted by Gasteiger charge is 2.00. The average molecular weight is 310 g/mol. The van der Waals surface area contributed by atoms with Gasteiger partial charge >= 0.3 is 0 Å². The van der Waals surface area contributed by atoms with Gasteiger partial charge in [0, 0.05) is 15.4 Å². The molecular formula is C12H15BrCl2. The summed E-state index contributed by atoms with van der Waals surface area (Å²) in [7, 11) is 0. The number of benzene rings is 1. The van der Waals surface area contributed by atoms with Gasteiger partial charge in [-0.3, -0.25) is 0 Å². The summed E-state index contributed by atoms with van der Waals surface area (Å²) < 4.78 is 0. The third kappa shape index (κ3) is 5.24. The first kappa shape index (κ1) is 13.3. The maximum atomic E-state index is 6.07. The van der Waals surface area contributed by atoms with E-state index in [0.29, 0.717) is 0 Å². The van der Waals surface area contributed by atoms with Crippen LogP contribution in [-0.2, 0) is 6.42 Å². The van der Waals surface area contributed by atoms with Crippen molar-refractivity contribution < 1.29 is 0 Å². The number of aryl methyl sites for hydroxylation is 1. The van der Waals surface area contributed by atoms with Gasteiger partial charge in [-0.2, -0.15) is 0 Å². The Morgan fingerprint density at radius 3 is 2.47 bits per heavy atom. The zero-order chi connectivity index (χ0) is 11.1. The molecule has 0 bridgehead atoms. The van der Waals surface area contributed by atoms with Crippen molar-refractivity contribution in [3.63, 3.8) is 0 Å². The lowest BCUT2D eigenvalue weighted by Crippen LogP contribution is -1.88. The van der Waals surface area contributed by atoms with Gasteiger partial charge in [-0.15, -0.1) is 0 Å². The van der Waals surface area contributed by atoms with E-state index in [1.54, 1.807) is 0 Å². The summed E-state index contributed by atoms with van der Waals surface area (Å²) in [5.41, 5.74) is 1.17. The molecule has 1 rings (SSSR count). The fourth-order valence-corrected chi connectivity index (χ4v) is 2.30. The van der Waals surface area contributed by atoms with Gasteiger partial charge in [-0.25, -0.2) is 0 Å². The summed E-state index contributed by atoms with van der Waals surface area (Å²) >= 11 is 15.4. The van der Waals surface area contributed by atoms with Gasteiger partial charge in [0.1, 0.15) is 0 Å². The van der Waals surface area contributed by atoms with Crippen molar-refractivity contribution in [2.75, 3.05) is 5.33 Å². The van der Waals surface area contributed by atoms with Crippen LogP contribution in [0.15, 0.2) is 18.2 Å². The minimum Gasteiger partial charge on any atom is -0.0928 e. The van der Waals surface area contributed by atoms with Crippen LogP contribution in [0.1, 0.15) is 31.2 Å². The second-order valence-electron chi connectivity index (χ2n) is 3.59. The van der Waals surface area contributed by atoms with E-state index in [1.807, 2.05) is 18.2 Å². The molecule has 1 aromatic carbocycles. The SMILES string of the molecule is Clc1ccc(Cl)c(CCCCCCBr)c1. The molecule has 0 N–H and O–H groups in total. The maximum absolute atomic E-state index is 6.07. The number of hydrogen-bond acceptors (Lipinski definition) is 0. The first-order valence-corrected chi connectivity index (χ1v) is 7.11. The molecule has 0 nitrogen and oxygen atoms in total. The molecule has 15 heavy (non-hydrogen) atoms. The van der Waals surface area contributed by atoms with E-state index >= 15 is 0 Å². The lowest BCUT2D eigenvalue weighted by Gasteiger charge is -2.04. The lowest BCUT2D eigenvalue weighted by molar-refractivity contribution is 0.671. The van der Waals surface area contributed by atoms with E-state index in [0.717, 1.165) is 21.8 Å². The molecule has 0 aliphatic heterocycles. The van der Waals surface area contributed by atoms with Gasteiger partial charge < -0.3 is 0 Å². The molecule has 1 aromatic rings. The van der Waals surface area contributed by atoms with Crippen molar-refractivity contribution >= 4 is 39.1 Å². The Bertz CT molecular complexity index is 300. The van der Waals surface area contributed by atoms with Crippen LogP contribution >= 0.6 is 39.1 Å². The van der Waals surface area contributed by atoms with Gasteiger partial charge in [0.25, 0.3) is 0 Å². The van der Waals surface area contributed by atoms with Crippen molar-refractivity contribution in [2.24, 2.45) is 0 Å². The van der Waals surface area contributed by atoms with Crippen molar-refractivity contribution in [3.05, 3.63) is 33.8 Å². The van der Waals surface area contributed by atoms with Gasteiger partial charge in [0.05, 0.1) is 0 Å². The van der Waals surface area contributed by atoms with Crippen molar-refractivity contribution in [1.29, 1.82) is 0 Å². The molecular weight excluding hydrogens is 295 g/mol. The molecule has 0 aliphatic carbocycles. The second kappa shape index (κ2) is 7.54. The van der Waals surface area contributed by atoms with Crippen LogP contribution in [-0.4, -0.2) is 5.33 Å². The summed E-state index contributed by atoms with van der Waals surface area (Å²) in [6, 6.07) is 5.67. The molecule has 0 aliphatic rings. The zero-order valence-electron chi connectivity index (χ0n) is 8.61. The average Bonchev–Trinajstić information content (AvgIpc) is 2.23. The van der Waals surface area contributed by atoms with Gasteiger partial charge in [-0.05, 0) is 43.0 Å². The maximum Gasteiger partial charge on any atom is 0.0439 e. The highest BCUT2D eigenvalue weighted by atomic mass is 79.9. The Labute approximate surface area is 110 Å². The highest BCUT2D eigenvalue weighted by molar-refractivity contribution is 9.09. The highest BCUT2D eigenvalue weighted by Crippen LogP contribution is 2.22. The quantitative estimate of drug-likeness (QED) is 0.481. The third-order valence-corrected chi connectivity index (χ3v) is 3.50. The molecule has 0 spiro atoms. The zero-order valence-corrected chi connectivity index (χ0v) is 11.7. The van der Waals surface area contributed by atoms with Crippen molar-refractivity contribution in [2.45, 2.75) is 32.1 Å². The van der Waals surface area contributed by atoms with E-state index in [2.05, 4.69) is 15.9 Å². The predicted molar refractivity (Wildman–Crippen MR) is 72.4 cm³/mol. The molecule has 0 heterocycles. The standard InChI is InChI=1S/C12H15BrCl2/c13-8-4-2-1-3-5-10-9-11(14)6-7-12(10)15/h6-7,9H,1-5,8H2. The number of unbranched alkanes of at least 4 members (excludes halogenated alkanes) is 3. The van der Waals surface area contributed by atoms with E-state index in [-0.39, 0.29) is 0 Å². The van der Waals surface area contributed by atoms with Crippen LogP contribution in [0, 0.1) is 0 Å². The predicted octanol–water partition coefficient (Wildman–Crippen LogP) is 5.49. The van der Waals surface area contributed by atoms with Gasteiger partial charge in [0.2, 0.25) is 0 Å².